The molecule has 3 N–H and O–H groups in total. The van der Waals surface area contributed by atoms with Gasteiger partial charge < -0.3 is 11.1 Å². The third-order valence-electron chi connectivity index (χ3n) is 5.37. The predicted molar refractivity (Wildman–Crippen MR) is 104 cm³/mol. The highest BCUT2D eigenvalue weighted by atomic mass is 35.5. The van der Waals surface area contributed by atoms with E-state index in [1.807, 2.05) is 36.4 Å². The summed E-state index contributed by atoms with van der Waals surface area (Å²) >= 11 is 5.98. The summed E-state index contributed by atoms with van der Waals surface area (Å²) in [5.41, 5.74) is 9.88. The third-order valence-corrected chi connectivity index (χ3v) is 5.62. The van der Waals surface area contributed by atoms with Crippen LogP contribution in [0, 0.1) is 0 Å². The molecule has 2 aromatic rings. The average molecular weight is 377 g/mol. The molecule has 0 heterocycles. The number of nitrogen functional groups attached to an aromatic ring is 1. The van der Waals surface area contributed by atoms with E-state index in [0.717, 1.165) is 43.4 Å². The number of anilines is 1. The van der Waals surface area contributed by atoms with Crippen LogP contribution in [-0.2, 0) is 16.6 Å². The smallest absolute Gasteiger partial charge is 0.231 e. The highest BCUT2D eigenvalue weighted by Crippen LogP contribution is 2.49. The molecule has 0 saturated heterocycles. The summed E-state index contributed by atoms with van der Waals surface area (Å²) in [6.07, 6.45) is 4.91. The Kier molecular flexibility index (Phi) is 4.99. The van der Waals surface area contributed by atoms with Gasteiger partial charge in [0.15, 0.2) is 0 Å². The first kappa shape index (κ1) is 18.1. The number of carbonyl (C=O) groups excluding carboxylic acids is 1. The van der Waals surface area contributed by atoms with Crippen LogP contribution in [0.25, 0.3) is 0 Å². The van der Waals surface area contributed by atoms with Gasteiger partial charge in [0.2, 0.25) is 5.91 Å². The molecule has 2 aliphatic rings. The van der Waals surface area contributed by atoms with Crippen LogP contribution in [0.3, 0.4) is 0 Å². The monoisotopic (exact) mass is 376 g/mol. The van der Waals surface area contributed by atoms with E-state index in [9.17, 15) is 4.79 Å². The van der Waals surface area contributed by atoms with Gasteiger partial charge in [0.25, 0.3) is 0 Å². The van der Waals surface area contributed by atoms with Gasteiger partial charge in [-0.25, -0.2) is 0 Å². The van der Waals surface area contributed by atoms with Gasteiger partial charge in [0.05, 0.1) is 11.5 Å². The lowest BCUT2D eigenvalue weighted by molar-refractivity contribution is -0.124. The van der Waals surface area contributed by atoms with Gasteiger partial charge in [0.1, 0.15) is 0 Å². The van der Waals surface area contributed by atoms with Gasteiger partial charge in [-0.05, 0) is 73.1 Å². The molecule has 1 fully saturated rings. The fourth-order valence-corrected chi connectivity index (χ4v) is 3.95. The molecule has 0 spiro atoms. The Balaban J connectivity index is 0.00000182. The van der Waals surface area contributed by atoms with Gasteiger partial charge in [-0.2, -0.15) is 0 Å². The molecule has 0 aromatic heterocycles. The van der Waals surface area contributed by atoms with Crippen LogP contribution >= 0.6 is 24.0 Å². The van der Waals surface area contributed by atoms with Crippen molar-refractivity contribution >= 4 is 35.6 Å². The van der Waals surface area contributed by atoms with E-state index in [4.69, 9.17) is 17.3 Å². The van der Waals surface area contributed by atoms with Crippen LogP contribution in [0.15, 0.2) is 42.5 Å². The number of aryl methyl sites for hydroxylation is 1. The van der Waals surface area contributed by atoms with Crippen molar-refractivity contribution in [2.45, 2.75) is 43.6 Å². The number of halogens is 2. The number of nitrogens with two attached hydrogens (primary N) is 1. The van der Waals surface area contributed by atoms with E-state index in [0.29, 0.717) is 5.02 Å². The van der Waals surface area contributed by atoms with Crippen LogP contribution in [0.1, 0.15) is 48.4 Å². The minimum atomic E-state index is -0.365. The zero-order valence-electron chi connectivity index (χ0n) is 13.9. The standard InChI is InChI=1S/C20H21ClN2O.ClH/c21-15-6-4-14(5-7-15)20(10-11-20)19(24)23-18-3-1-2-13-12-16(22)8-9-17(13)18;/h4-9,12,18H,1-3,10-11,22H2,(H,23,24);1H. The van der Waals surface area contributed by atoms with Gasteiger partial charge in [-0.3, -0.25) is 4.79 Å². The summed E-state index contributed by atoms with van der Waals surface area (Å²) in [7, 11) is 0. The predicted octanol–water partition coefficient (Wildman–Crippen LogP) is 4.57. The first-order chi connectivity index (χ1) is 11.6. The summed E-state index contributed by atoms with van der Waals surface area (Å²) in [4.78, 5) is 13.0. The fourth-order valence-electron chi connectivity index (χ4n) is 3.82. The molecule has 0 aliphatic heterocycles. The van der Waals surface area contributed by atoms with Crippen LogP contribution in [0.2, 0.25) is 5.02 Å². The number of amides is 1. The van der Waals surface area contributed by atoms with Gasteiger partial charge in [0, 0.05) is 10.7 Å². The average Bonchev–Trinajstić information content (AvgIpc) is 3.37. The quantitative estimate of drug-likeness (QED) is 0.770. The maximum Gasteiger partial charge on any atom is 0.231 e. The van der Waals surface area contributed by atoms with Crippen LogP contribution in [0.5, 0.6) is 0 Å². The Morgan fingerprint density at radius 3 is 2.56 bits per heavy atom. The highest BCUT2D eigenvalue weighted by Gasteiger charge is 2.51. The summed E-state index contributed by atoms with van der Waals surface area (Å²) in [6, 6.07) is 13.8. The first-order valence-corrected chi connectivity index (χ1v) is 8.92. The van der Waals surface area contributed by atoms with Crippen LogP contribution in [0.4, 0.5) is 5.69 Å². The van der Waals surface area contributed by atoms with Crippen molar-refractivity contribution in [3.8, 4) is 0 Å². The molecule has 132 valence electrons. The van der Waals surface area contributed by atoms with Crippen molar-refractivity contribution in [1.29, 1.82) is 0 Å². The van der Waals surface area contributed by atoms with E-state index in [-0.39, 0.29) is 29.8 Å². The van der Waals surface area contributed by atoms with E-state index in [1.165, 1.54) is 11.1 Å². The number of fused-ring (bicyclic) bond motifs is 1. The molecule has 0 radical (unpaired) electrons. The number of nitrogens with one attached hydrogen (secondary N) is 1. The topological polar surface area (TPSA) is 55.1 Å². The largest absolute Gasteiger partial charge is 0.399 e. The molecule has 1 unspecified atom stereocenters. The summed E-state index contributed by atoms with van der Waals surface area (Å²) in [5, 5.41) is 4.00. The van der Waals surface area contributed by atoms with Crippen molar-refractivity contribution in [2.75, 3.05) is 5.73 Å². The molecule has 4 rings (SSSR count). The molecule has 25 heavy (non-hydrogen) atoms. The van der Waals surface area contributed by atoms with Crippen molar-refractivity contribution in [3.05, 3.63) is 64.2 Å². The maximum absolute atomic E-state index is 13.0. The minimum Gasteiger partial charge on any atom is -0.399 e. The minimum absolute atomic E-state index is 0. The lowest BCUT2D eigenvalue weighted by Gasteiger charge is -2.28. The molecule has 2 aromatic carbocycles. The van der Waals surface area contributed by atoms with Crippen molar-refractivity contribution < 1.29 is 4.79 Å². The molecule has 1 saturated carbocycles. The Morgan fingerprint density at radius 1 is 1.16 bits per heavy atom. The molecular formula is C20H22Cl2N2O. The molecule has 3 nitrogen and oxygen atoms in total. The second-order valence-corrected chi connectivity index (χ2v) is 7.40. The van der Waals surface area contributed by atoms with Crippen molar-refractivity contribution in [3.63, 3.8) is 0 Å². The summed E-state index contributed by atoms with van der Waals surface area (Å²) in [5.74, 6) is 0.138. The Bertz CT molecular complexity index is 785. The van der Waals surface area contributed by atoms with Crippen molar-refractivity contribution in [1.82, 2.24) is 5.32 Å². The molecule has 1 atom stereocenters. The maximum atomic E-state index is 13.0. The Hall–Kier alpha value is -1.71. The molecule has 5 heteroatoms. The van der Waals surface area contributed by atoms with E-state index in [2.05, 4.69) is 11.4 Å². The van der Waals surface area contributed by atoms with Gasteiger partial charge in [-0.1, -0.05) is 29.8 Å². The lowest BCUT2D eigenvalue weighted by atomic mass is 9.86. The summed E-state index contributed by atoms with van der Waals surface area (Å²) in [6.45, 7) is 0. The number of carbonyl (C=O) groups is 1. The molecule has 0 bridgehead atoms. The van der Waals surface area contributed by atoms with Crippen LogP contribution in [-0.4, -0.2) is 5.91 Å². The Morgan fingerprint density at radius 2 is 1.88 bits per heavy atom. The van der Waals surface area contributed by atoms with Crippen molar-refractivity contribution in [2.24, 2.45) is 0 Å². The number of hydrogen-bond donors (Lipinski definition) is 2. The van der Waals surface area contributed by atoms with Crippen LogP contribution < -0.4 is 11.1 Å². The summed E-state index contributed by atoms with van der Waals surface area (Å²) < 4.78 is 0. The second kappa shape index (κ2) is 6.89. The van der Waals surface area contributed by atoms with Gasteiger partial charge in [-0.15, -0.1) is 12.4 Å². The SMILES string of the molecule is Cl.Nc1ccc2c(c1)CCCC2NC(=O)C1(c2ccc(Cl)cc2)CC1. The normalized spacial score (nSPS) is 20.1. The zero-order chi connectivity index (χ0) is 16.7. The lowest BCUT2D eigenvalue weighted by Crippen LogP contribution is -2.38. The Labute approximate surface area is 159 Å². The molecule has 1 amide bonds. The van der Waals surface area contributed by atoms with Gasteiger partial charge >= 0.3 is 0 Å². The zero-order valence-corrected chi connectivity index (χ0v) is 15.5. The third kappa shape index (κ3) is 3.36. The van der Waals surface area contributed by atoms with E-state index < -0.39 is 0 Å². The number of rotatable bonds is 3. The first-order valence-electron chi connectivity index (χ1n) is 8.54. The number of hydrogen-bond acceptors (Lipinski definition) is 2. The number of benzene rings is 2. The van der Waals surface area contributed by atoms with E-state index in [1.54, 1.807) is 0 Å². The fraction of sp³-hybridized carbons (Fsp3) is 0.350. The highest BCUT2D eigenvalue weighted by molar-refractivity contribution is 6.30. The molecular weight excluding hydrogens is 355 g/mol. The second-order valence-electron chi connectivity index (χ2n) is 6.97. The van der Waals surface area contributed by atoms with E-state index >= 15 is 0 Å². The molecule has 2 aliphatic carbocycles.